The molecule has 0 aromatic heterocycles. The summed E-state index contributed by atoms with van der Waals surface area (Å²) in [5.41, 5.74) is 1.41. The van der Waals surface area contributed by atoms with Crippen molar-refractivity contribution in [2.24, 2.45) is 0 Å². The summed E-state index contributed by atoms with van der Waals surface area (Å²) in [4.78, 5) is 0. The van der Waals surface area contributed by atoms with E-state index in [2.05, 4.69) is 53.5 Å². The summed E-state index contributed by atoms with van der Waals surface area (Å²) in [5.74, 6) is 0. The number of benzene rings is 1. The second-order valence-electron chi connectivity index (χ2n) is 2.43. The van der Waals surface area contributed by atoms with E-state index in [4.69, 9.17) is 0 Å². The van der Waals surface area contributed by atoms with Crippen LogP contribution in [0, 0.1) is 0 Å². The fourth-order valence-electron chi connectivity index (χ4n) is 0.936. The van der Waals surface area contributed by atoms with Crippen LogP contribution in [0.3, 0.4) is 0 Å². The molecule has 1 unspecified atom stereocenters. The first kappa shape index (κ1) is 7.86. The van der Waals surface area contributed by atoms with Gasteiger partial charge in [0.1, 0.15) is 16.3 Å². The van der Waals surface area contributed by atoms with Gasteiger partial charge in [-0.1, -0.05) is 54.0 Å². The summed E-state index contributed by atoms with van der Waals surface area (Å²) in [6.07, 6.45) is 1.19. The molecule has 0 heterocycles. The summed E-state index contributed by atoms with van der Waals surface area (Å²) in [7, 11) is 0. The van der Waals surface area contributed by atoms with Gasteiger partial charge in [0.05, 0.1) is 0 Å². The van der Waals surface area contributed by atoms with E-state index in [1.165, 1.54) is 12.0 Å². The molecule has 0 amide bonds. The molecule has 50 valence electrons. The molecule has 0 nitrogen and oxygen atoms in total. The molecule has 0 bridgehead atoms. The standard InChI is InChI=1S/C9H11.Al/c1-2-6-9-7-4-3-5-8-9;/h3-8H,2H2,1H3;. The molecule has 0 N–H and O–H groups in total. The Kier molecular flexibility index (Phi) is 2.99. The van der Waals surface area contributed by atoms with Gasteiger partial charge < -0.3 is 0 Å². The molecule has 0 aliphatic rings. The van der Waals surface area contributed by atoms with Gasteiger partial charge in [0.15, 0.2) is 0 Å². The van der Waals surface area contributed by atoms with Gasteiger partial charge in [0.25, 0.3) is 0 Å². The highest BCUT2D eigenvalue weighted by Gasteiger charge is 1.97. The van der Waals surface area contributed by atoms with Crippen molar-refractivity contribution >= 4 is 16.3 Å². The minimum atomic E-state index is 0.626. The van der Waals surface area contributed by atoms with Crippen molar-refractivity contribution in [1.29, 1.82) is 0 Å². The van der Waals surface area contributed by atoms with Gasteiger partial charge >= 0.3 is 0 Å². The zero-order valence-electron chi connectivity index (χ0n) is 6.25. The van der Waals surface area contributed by atoms with Crippen molar-refractivity contribution in [1.82, 2.24) is 0 Å². The molecule has 1 atom stereocenters. The van der Waals surface area contributed by atoms with Gasteiger partial charge in [-0.15, -0.1) is 0 Å². The first-order valence-corrected chi connectivity index (χ1v) is 4.31. The third-order valence-corrected chi connectivity index (χ3v) is 2.52. The van der Waals surface area contributed by atoms with E-state index in [1.807, 2.05) is 0 Å². The van der Waals surface area contributed by atoms with E-state index in [-0.39, 0.29) is 0 Å². The smallest absolute Gasteiger partial charge is 0.0842 e. The second kappa shape index (κ2) is 3.81. The van der Waals surface area contributed by atoms with E-state index in [1.54, 1.807) is 0 Å². The molecule has 1 rings (SSSR count). The molecule has 10 heavy (non-hydrogen) atoms. The fraction of sp³-hybridized carbons (Fsp3) is 0.333. The molecule has 0 fully saturated rings. The quantitative estimate of drug-likeness (QED) is 0.561. The maximum atomic E-state index is 2.85. The molecular formula is C9H11Al. The Morgan fingerprint density at radius 1 is 1.30 bits per heavy atom. The molecule has 0 aliphatic carbocycles. The molecule has 2 radical (unpaired) electrons. The third kappa shape index (κ3) is 1.87. The summed E-state index contributed by atoms with van der Waals surface area (Å²) in [6.45, 7) is 2.20. The Hall–Kier alpha value is -0.248. The van der Waals surface area contributed by atoms with Gasteiger partial charge in [-0.3, -0.25) is 0 Å². The zero-order valence-corrected chi connectivity index (χ0v) is 7.40. The number of hydrogen-bond donors (Lipinski definition) is 0. The topological polar surface area (TPSA) is 0 Å². The summed E-state index contributed by atoms with van der Waals surface area (Å²) in [5, 5.41) is 0. The van der Waals surface area contributed by atoms with Gasteiger partial charge in [0, 0.05) is 0 Å². The average Bonchev–Trinajstić information content (AvgIpc) is 2.05. The highest BCUT2D eigenvalue weighted by Crippen LogP contribution is 2.13. The third-order valence-electron chi connectivity index (χ3n) is 1.67. The van der Waals surface area contributed by atoms with Crippen LogP contribution >= 0.6 is 0 Å². The first-order valence-electron chi connectivity index (χ1n) is 3.65. The van der Waals surface area contributed by atoms with Crippen molar-refractivity contribution in [3.63, 3.8) is 0 Å². The van der Waals surface area contributed by atoms with E-state index in [0.29, 0.717) is 4.78 Å². The van der Waals surface area contributed by atoms with E-state index >= 15 is 0 Å². The van der Waals surface area contributed by atoms with Crippen molar-refractivity contribution < 1.29 is 0 Å². The second-order valence-corrected chi connectivity index (χ2v) is 3.23. The highest BCUT2D eigenvalue weighted by atomic mass is 27.0. The van der Waals surface area contributed by atoms with Crippen molar-refractivity contribution in [3.05, 3.63) is 35.9 Å². The molecular weight excluding hydrogens is 135 g/mol. The first-order chi connectivity index (χ1) is 4.84. The number of rotatable bonds is 2. The Balaban J connectivity index is 2.75. The maximum Gasteiger partial charge on any atom is 0.131 e. The Labute approximate surface area is 70.7 Å². The SMILES string of the molecule is CC[CH]([Al])c1ccccc1. The summed E-state index contributed by atoms with van der Waals surface area (Å²) < 4.78 is 0.626. The summed E-state index contributed by atoms with van der Waals surface area (Å²) >= 11 is 2.85. The van der Waals surface area contributed by atoms with Gasteiger partial charge in [-0.05, 0) is 0 Å². The lowest BCUT2D eigenvalue weighted by atomic mass is 10.1. The molecule has 0 aliphatic heterocycles. The van der Waals surface area contributed by atoms with Gasteiger partial charge in [-0.25, -0.2) is 0 Å². The predicted octanol–water partition coefficient (Wildman–Crippen LogP) is 2.31. The van der Waals surface area contributed by atoms with Crippen molar-refractivity contribution in [2.75, 3.05) is 0 Å². The van der Waals surface area contributed by atoms with Crippen LogP contribution < -0.4 is 0 Å². The van der Waals surface area contributed by atoms with Crippen LogP contribution in [0.25, 0.3) is 0 Å². The minimum Gasteiger partial charge on any atom is -0.0842 e. The van der Waals surface area contributed by atoms with E-state index < -0.39 is 0 Å². The van der Waals surface area contributed by atoms with Crippen molar-refractivity contribution in [2.45, 2.75) is 18.1 Å². The number of hydrogen-bond acceptors (Lipinski definition) is 0. The Bertz CT molecular complexity index is 181. The normalized spacial score (nSPS) is 12.9. The monoisotopic (exact) mass is 146 g/mol. The van der Waals surface area contributed by atoms with Crippen LogP contribution in [-0.2, 0) is 0 Å². The van der Waals surface area contributed by atoms with Crippen LogP contribution in [0.2, 0.25) is 0 Å². The highest BCUT2D eigenvalue weighted by molar-refractivity contribution is 6.12. The van der Waals surface area contributed by atoms with Crippen molar-refractivity contribution in [3.8, 4) is 0 Å². The van der Waals surface area contributed by atoms with Crippen LogP contribution in [0.4, 0.5) is 0 Å². The molecule has 1 aromatic carbocycles. The van der Waals surface area contributed by atoms with Crippen LogP contribution in [0.1, 0.15) is 23.7 Å². The Morgan fingerprint density at radius 3 is 2.40 bits per heavy atom. The van der Waals surface area contributed by atoms with E-state index in [9.17, 15) is 0 Å². The molecule has 1 heteroatoms. The molecule has 1 aromatic rings. The maximum absolute atomic E-state index is 2.85. The predicted molar refractivity (Wildman–Crippen MR) is 45.2 cm³/mol. The lowest BCUT2D eigenvalue weighted by molar-refractivity contribution is 0.882. The lowest BCUT2D eigenvalue weighted by Gasteiger charge is -2.07. The summed E-state index contributed by atoms with van der Waals surface area (Å²) in [6, 6.07) is 10.6. The fourth-order valence-corrected chi connectivity index (χ4v) is 1.16. The van der Waals surface area contributed by atoms with Crippen LogP contribution in [0.5, 0.6) is 0 Å². The minimum absolute atomic E-state index is 0.626. The average molecular weight is 146 g/mol. The van der Waals surface area contributed by atoms with Crippen LogP contribution in [0.15, 0.2) is 30.3 Å². The lowest BCUT2D eigenvalue weighted by Crippen LogP contribution is -1.94. The van der Waals surface area contributed by atoms with Gasteiger partial charge in [-0.2, -0.15) is 0 Å². The Morgan fingerprint density at radius 2 is 1.90 bits per heavy atom. The molecule has 0 saturated carbocycles. The molecule has 0 spiro atoms. The van der Waals surface area contributed by atoms with E-state index in [0.717, 1.165) is 0 Å². The molecule has 0 saturated heterocycles. The van der Waals surface area contributed by atoms with Gasteiger partial charge in [0.2, 0.25) is 0 Å². The zero-order chi connectivity index (χ0) is 7.40. The van der Waals surface area contributed by atoms with Crippen LogP contribution in [-0.4, -0.2) is 16.3 Å². The largest absolute Gasteiger partial charge is 0.131 e.